The largest absolute Gasteiger partial charge is 0.375 e. The summed E-state index contributed by atoms with van der Waals surface area (Å²) in [6.45, 7) is 3.46. The molecule has 0 atom stereocenters. The molecular formula is C11H20N2OS. The highest BCUT2D eigenvalue weighted by atomic mass is 32.1. The maximum absolute atomic E-state index is 5.57. The normalized spacial score (nSPS) is 11.2. The molecule has 86 valence electrons. The molecule has 0 saturated heterocycles. The summed E-state index contributed by atoms with van der Waals surface area (Å²) in [5.41, 5.74) is 0. The molecule has 15 heavy (non-hydrogen) atoms. The standard InChI is InChI=1S/C11H20N2OS/c1-12-8-10-4-5-11(15-10)9-14-7-6-13(2)3/h4-5,12H,6-9H2,1-3H3. The van der Waals surface area contributed by atoms with Crippen LogP contribution < -0.4 is 5.32 Å². The highest BCUT2D eigenvalue weighted by Crippen LogP contribution is 2.16. The third kappa shape index (κ3) is 5.28. The van der Waals surface area contributed by atoms with Crippen LogP contribution >= 0.6 is 11.3 Å². The van der Waals surface area contributed by atoms with Gasteiger partial charge in [-0.15, -0.1) is 11.3 Å². The van der Waals surface area contributed by atoms with Crippen LogP contribution in [-0.4, -0.2) is 39.2 Å². The van der Waals surface area contributed by atoms with Gasteiger partial charge < -0.3 is 15.0 Å². The molecule has 1 rings (SSSR count). The molecule has 1 aromatic rings. The minimum Gasteiger partial charge on any atom is -0.375 e. The Kier molecular flexibility index (Phi) is 5.86. The Labute approximate surface area is 96.0 Å². The van der Waals surface area contributed by atoms with Gasteiger partial charge >= 0.3 is 0 Å². The van der Waals surface area contributed by atoms with Gasteiger partial charge in [-0.2, -0.15) is 0 Å². The first-order valence-electron chi connectivity index (χ1n) is 5.17. The average molecular weight is 228 g/mol. The maximum atomic E-state index is 5.57. The van der Waals surface area contributed by atoms with Crippen LogP contribution in [0.4, 0.5) is 0 Å². The fourth-order valence-electron chi connectivity index (χ4n) is 1.19. The summed E-state index contributed by atoms with van der Waals surface area (Å²) in [7, 11) is 6.08. The van der Waals surface area contributed by atoms with Gasteiger partial charge in [-0.3, -0.25) is 0 Å². The highest BCUT2D eigenvalue weighted by molar-refractivity contribution is 7.11. The molecule has 0 fully saturated rings. The third-order valence-electron chi connectivity index (χ3n) is 2.00. The second-order valence-corrected chi connectivity index (χ2v) is 5.01. The predicted octanol–water partition coefficient (Wildman–Crippen LogP) is 1.55. The van der Waals surface area contributed by atoms with E-state index in [0.29, 0.717) is 0 Å². The lowest BCUT2D eigenvalue weighted by Crippen LogP contribution is -2.17. The quantitative estimate of drug-likeness (QED) is 0.717. The van der Waals surface area contributed by atoms with Crippen molar-refractivity contribution in [3.8, 4) is 0 Å². The number of hydrogen-bond donors (Lipinski definition) is 1. The lowest BCUT2D eigenvalue weighted by molar-refractivity contribution is 0.107. The van der Waals surface area contributed by atoms with E-state index < -0.39 is 0 Å². The third-order valence-corrected chi connectivity index (χ3v) is 3.05. The second-order valence-electron chi connectivity index (χ2n) is 3.75. The second kappa shape index (κ2) is 6.95. The van der Waals surface area contributed by atoms with Gasteiger partial charge in [0, 0.05) is 22.8 Å². The zero-order valence-electron chi connectivity index (χ0n) is 9.75. The molecule has 0 aliphatic heterocycles. The number of thiophene rings is 1. The summed E-state index contributed by atoms with van der Waals surface area (Å²) in [5.74, 6) is 0. The molecule has 0 spiro atoms. The topological polar surface area (TPSA) is 24.5 Å². The van der Waals surface area contributed by atoms with Crippen LogP contribution in [0.3, 0.4) is 0 Å². The first-order valence-corrected chi connectivity index (χ1v) is 5.98. The number of nitrogens with zero attached hydrogens (tertiary/aromatic N) is 1. The maximum Gasteiger partial charge on any atom is 0.0810 e. The predicted molar refractivity (Wildman–Crippen MR) is 65.3 cm³/mol. The monoisotopic (exact) mass is 228 g/mol. The Hall–Kier alpha value is -0.420. The minimum absolute atomic E-state index is 0.738. The van der Waals surface area contributed by atoms with E-state index in [0.717, 1.165) is 26.3 Å². The molecule has 0 saturated carbocycles. The van der Waals surface area contributed by atoms with Gasteiger partial charge in [0.2, 0.25) is 0 Å². The van der Waals surface area contributed by atoms with Crippen LogP contribution in [0.5, 0.6) is 0 Å². The Morgan fingerprint density at radius 1 is 1.33 bits per heavy atom. The van der Waals surface area contributed by atoms with Crippen LogP contribution in [0, 0.1) is 0 Å². The summed E-state index contributed by atoms with van der Waals surface area (Å²) in [6, 6.07) is 4.30. The SMILES string of the molecule is CNCc1ccc(COCCN(C)C)s1. The Bertz CT molecular complexity index is 273. The van der Waals surface area contributed by atoms with E-state index in [-0.39, 0.29) is 0 Å². The fourth-order valence-corrected chi connectivity index (χ4v) is 2.16. The van der Waals surface area contributed by atoms with Crippen molar-refractivity contribution in [2.75, 3.05) is 34.3 Å². The van der Waals surface area contributed by atoms with Gasteiger partial charge in [0.05, 0.1) is 13.2 Å². The van der Waals surface area contributed by atoms with Crippen LogP contribution in [-0.2, 0) is 17.9 Å². The van der Waals surface area contributed by atoms with E-state index in [1.807, 2.05) is 18.4 Å². The molecule has 0 radical (unpaired) electrons. The molecule has 1 aromatic heterocycles. The van der Waals surface area contributed by atoms with E-state index in [1.165, 1.54) is 9.75 Å². The van der Waals surface area contributed by atoms with E-state index >= 15 is 0 Å². The molecule has 0 aliphatic rings. The zero-order valence-corrected chi connectivity index (χ0v) is 10.6. The van der Waals surface area contributed by atoms with Crippen molar-refractivity contribution in [1.29, 1.82) is 0 Å². The summed E-state index contributed by atoms with van der Waals surface area (Å²) in [5, 5.41) is 3.14. The number of nitrogens with one attached hydrogen (secondary N) is 1. The Morgan fingerprint density at radius 2 is 2.07 bits per heavy atom. The van der Waals surface area contributed by atoms with E-state index in [2.05, 4.69) is 36.4 Å². The van der Waals surface area contributed by atoms with Crippen LogP contribution in [0.2, 0.25) is 0 Å². The first-order chi connectivity index (χ1) is 7.22. The summed E-state index contributed by atoms with van der Waals surface area (Å²) < 4.78 is 5.57. The molecule has 0 aromatic carbocycles. The lowest BCUT2D eigenvalue weighted by Gasteiger charge is -2.08. The van der Waals surface area contributed by atoms with Gasteiger partial charge in [-0.1, -0.05) is 0 Å². The summed E-state index contributed by atoms with van der Waals surface area (Å²) >= 11 is 1.82. The van der Waals surface area contributed by atoms with Gasteiger partial charge in [0.25, 0.3) is 0 Å². The lowest BCUT2D eigenvalue weighted by atomic mass is 10.4. The molecular weight excluding hydrogens is 208 g/mol. The first kappa shape index (κ1) is 12.6. The van der Waals surface area contributed by atoms with Gasteiger partial charge in [-0.25, -0.2) is 0 Å². The molecule has 1 N–H and O–H groups in total. The van der Waals surface area contributed by atoms with Gasteiger partial charge in [0.1, 0.15) is 0 Å². The van der Waals surface area contributed by atoms with Crippen molar-refractivity contribution in [2.45, 2.75) is 13.2 Å². The number of ether oxygens (including phenoxy) is 1. The van der Waals surface area contributed by atoms with Crippen molar-refractivity contribution in [1.82, 2.24) is 10.2 Å². The summed E-state index contributed by atoms with van der Waals surface area (Å²) in [4.78, 5) is 4.80. The zero-order chi connectivity index (χ0) is 11.1. The van der Waals surface area contributed by atoms with Crippen LogP contribution in [0.25, 0.3) is 0 Å². The number of rotatable bonds is 7. The highest BCUT2D eigenvalue weighted by Gasteiger charge is 1.99. The number of likely N-dealkylation sites (N-methyl/N-ethyl adjacent to an activating group) is 1. The van der Waals surface area contributed by atoms with Crippen molar-refractivity contribution in [3.63, 3.8) is 0 Å². The Balaban J connectivity index is 2.19. The molecule has 0 unspecified atom stereocenters. The van der Waals surface area contributed by atoms with Crippen LogP contribution in [0.15, 0.2) is 12.1 Å². The molecule has 3 nitrogen and oxygen atoms in total. The van der Waals surface area contributed by atoms with Gasteiger partial charge in [0.15, 0.2) is 0 Å². The average Bonchev–Trinajstić information content (AvgIpc) is 2.61. The smallest absolute Gasteiger partial charge is 0.0810 e. The van der Waals surface area contributed by atoms with Crippen molar-refractivity contribution < 1.29 is 4.74 Å². The van der Waals surface area contributed by atoms with Crippen molar-refractivity contribution in [3.05, 3.63) is 21.9 Å². The molecule has 0 bridgehead atoms. The summed E-state index contributed by atoms with van der Waals surface area (Å²) in [6.07, 6.45) is 0. The molecule has 0 amide bonds. The van der Waals surface area contributed by atoms with Crippen LogP contribution in [0.1, 0.15) is 9.75 Å². The number of hydrogen-bond acceptors (Lipinski definition) is 4. The van der Waals surface area contributed by atoms with Gasteiger partial charge in [-0.05, 0) is 33.3 Å². The van der Waals surface area contributed by atoms with Crippen molar-refractivity contribution in [2.24, 2.45) is 0 Å². The van der Waals surface area contributed by atoms with Crippen molar-refractivity contribution >= 4 is 11.3 Å². The fraction of sp³-hybridized carbons (Fsp3) is 0.636. The van der Waals surface area contributed by atoms with E-state index in [9.17, 15) is 0 Å². The Morgan fingerprint density at radius 3 is 2.73 bits per heavy atom. The van der Waals surface area contributed by atoms with E-state index in [4.69, 9.17) is 4.74 Å². The van der Waals surface area contributed by atoms with E-state index in [1.54, 1.807) is 0 Å². The molecule has 0 aliphatic carbocycles. The molecule has 1 heterocycles. The molecule has 4 heteroatoms. The minimum atomic E-state index is 0.738.